The van der Waals surface area contributed by atoms with Crippen LogP contribution < -0.4 is 5.32 Å². The number of morpholine rings is 1. The van der Waals surface area contributed by atoms with Gasteiger partial charge in [-0.25, -0.2) is 0 Å². The zero-order valence-electron chi connectivity index (χ0n) is 13.7. The normalized spacial score (nSPS) is 24.0. The van der Waals surface area contributed by atoms with E-state index in [0.29, 0.717) is 39.4 Å². The molecule has 1 unspecified atom stereocenters. The van der Waals surface area contributed by atoms with Crippen molar-refractivity contribution in [3.63, 3.8) is 0 Å². The predicted molar refractivity (Wildman–Crippen MR) is 88.8 cm³/mol. The number of rotatable bonds is 4. The van der Waals surface area contributed by atoms with Gasteiger partial charge in [-0.1, -0.05) is 0 Å². The van der Waals surface area contributed by atoms with Gasteiger partial charge in [0.05, 0.1) is 13.2 Å². The van der Waals surface area contributed by atoms with E-state index >= 15 is 0 Å². The number of anilines is 1. The first-order valence-corrected chi connectivity index (χ1v) is 9.39. The van der Waals surface area contributed by atoms with Crippen molar-refractivity contribution < 1.29 is 13.2 Å². The van der Waals surface area contributed by atoms with Crippen LogP contribution in [0, 0.1) is 6.92 Å². The molecule has 2 aliphatic rings. The number of pyridine rings is 1. The Kier molecular flexibility index (Phi) is 4.86. The van der Waals surface area contributed by atoms with Gasteiger partial charge in [-0.05, 0) is 25.5 Å². The van der Waals surface area contributed by atoms with Gasteiger partial charge in [0.25, 0.3) is 10.2 Å². The Hall–Kier alpha value is -1.22. The Labute approximate surface area is 137 Å². The van der Waals surface area contributed by atoms with Crippen molar-refractivity contribution in [3.8, 4) is 0 Å². The molecule has 1 aromatic heterocycles. The molecule has 7 nitrogen and oxygen atoms in total. The molecule has 0 amide bonds. The van der Waals surface area contributed by atoms with Gasteiger partial charge in [-0.15, -0.1) is 0 Å². The van der Waals surface area contributed by atoms with Crippen LogP contribution in [-0.4, -0.2) is 68.5 Å². The predicted octanol–water partition coefficient (Wildman–Crippen LogP) is 0.798. The lowest BCUT2D eigenvalue weighted by molar-refractivity contribution is 0.0705. The van der Waals surface area contributed by atoms with E-state index in [1.54, 1.807) is 4.31 Å². The van der Waals surface area contributed by atoms with Crippen molar-refractivity contribution in [3.05, 3.63) is 23.5 Å². The van der Waals surface area contributed by atoms with Crippen molar-refractivity contribution >= 4 is 15.9 Å². The molecule has 0 aromatic carbocycles. The topological polar surface area (TPSA) is 74.8 Å². The van der Waals surface area contributed by atoms with Crippen LogP contribution in [-0.2, 0) is 14.9 Å². The monoisotopic (exact) mass is 340 g/mol. The molecule has 1 N–H and O–H groups in total. The SMILES string of the molecule is CNc1cc(C)nc(C2CCN(S(=O)(=O)N3CCOCC3)C2)c1. The zero-order valence-corrected chi connectivity index (χ0v) is 14.5. The van der Waals surface area contributed by atoms with Crippen LogP contribution in [0.5, 0.6) is 0 Å². The Morgan fingerprint density at radius 2 is 1.96 bits per heavy atom. The van der Waals surface area contributed by atoms with Gasteiger partial charge in [0.15, 0.2) is 0 Å². The van der Waals surface area contributed by atoms with Crippen LogP contribution in [0.25, 0.3) is 0 Å². The molecule has 2 aliphatic heterocycles. The van der Waals surface area contributed by atoms with E-state index in [-0.39, 0.29) is 5.92 Å². The summed E-state index contributed by atoms with van der Waals surface area (Å²) < 4.78 is 33.8. The summed E-state index contributed by atoms with van der Waals surface area (Å²) in [6.45, 7) is 4.84. The van der Waals surface area contributed by atoms with Gasteiger partial charge in [0.2, 0.25) is 0 Å². The second-order valence-electron chi connectivity index (χ2n) is 6.03. The van der Waals surface area contributed by atoms with E-state index in [1.165, 1.54) is 4.31 Å². The summed E-state index contributed by atoms with van der Waals surface area (Å²) in [5.41, 5.74) is 2.93. The molecule has 8 heteroatoms. The van der Waals surface area contributed by atoms with Gasteiger partial charge in [-0.2, -0.15) is 17.0 Å². The Morgan fingerprint density at radius 1 is 1.22 bits per heavy atom. The van der Waals surface area contributed by atoms with Crippen LogP contribution in [0.3, 0.4) is 0 Å². The molecular formula is C15H24N4O3S. The van der Waals surface area contributed by atoms with Crippen molar-refractivity contribution in [2.24, 2.45) is 0 Å². The number of nitrogens with one attached hydrogen (secondary N) is 1. The molecule has 0 bridgehead atoms. The minimum absolute atomic E-state index is 0.151. The van der Waals surface area contributed by atoms with Crippen LogP contribution in [0.15, 0.2) is 12.1 Å². The highest BCUT2D eigenvalue weighted by molar-refractivity contribution is 7.86. The highest BCUT2D eigenvalue weighted by Crippen LogP contribution is 2.30. The van der Waals surface area contributed by atoms with E-state index in [0.717, 1.165) is 23.5 Å². The molecule has 0 aliphatic carbocycles. The standard InChI is InChI=1S/C15H24N4O3S/c1-12-9-14(16-2)10-15(17-12)13-3-4-19(11-13)23(20,21)18-5-7-22-8-6-18/h9-10,13H,3-8,11H2,1-2H3,(H,16,17). The van der Waals surface area contributed by atoms with Crippen LogP contribution >= 0.6 is 0 Å². The maximum Gasteiger partial charge on any atom is 0.282 e. The fourth-order valence-corrected chi connectivity index (χ4v) is 4.81. The summed E-state index contributed by atoms with van der Waals surface area (Å²) in [4.78, 5) is 4.60. The number of hydrogen-bond donors (Lipinski definition) is 1. The van der Waals surface area contributed by atoms with Crippen LogP contribution in [0.2, 0.25) is 0 Å². The Morgan fingerprint density at radius 3 is 2.65 bits per heavy atom. The number of aryl methyl sites for hydroxylation is 1. The second-order valence-corrected chi connectivity index (χ2v) is 7.96. The second kappa shape index (κ2) is 6.72. The quantitative estimate of drug-likeness (QED) is 0.877. The average Bonchev–Trinajstić information content (AvgIpc) is 3.06. The molecule has 0 saturated carbocycles. The minimum Gasteiger partial charge on any atom is -0.388 e. The van der Waals surface area contributed by atoms with Crippen LogP contribution in [0.1, 0.15) is 23.7 Å². The Balaban J connectivity index is 1.74. The summed E-state index contributed by atoms with van der Waals surface area (Å²) >= 11 is 0. The van der Waals surface area contributed by atoms with Gasteiger partial charge in [0.1, 0.15) is 0 Å². The zero-order chi connectivity index (χ0) is 16.4. The third kappa shape index (κ3) is 3.50. The third-order valence-electron chi connectivity index (χ3n) is 4.45. The first-order chi connectivity index (χ1) is 11.0. The van der Waals surface area contributed by atoms with Gasteiger partial charge >= 0.3 is 0 Å². The fourth-order valence-electron chi connectivity index (χ4n) is 3.17. The van der Waals surface area contributed by atoms with Crippen molar-refractivity contribution in [2.75, 3.05) is 51.8 Å². The summed E-state index contributed by atoms with van der Waals surface area (Å²) in [6, 6.07) is 4.00. The molecule has 128 valence electrons. The summed E-state index contributed by atoms with van der Waals surface area (Å²) in [5, 5.41) is 3.13. The molecule has 2 fully saturated rings. The largest absolute Gasteiger partial charge is 0.388 e. The first kappa shape index (κ1) is 16.6. The third-order valence-corrected chi connectivity index (χ3v) is 6.46. The maximum atomic E-state index is 12.7. The highest BCUT2D eigenvalue weighted by Gasteiger charge is 2.37. The fraction of sp³-hybridized carbons (Fsp3) is 0.667. The lowest BCUT2D eigenvalue weighted by Gasteiger charge is -2.30. The van der Waals surface area contributed by atoms with E-state index in [9.17, 15) is 8.42 Å². The van der Waals surface area contributed by atoms with E-state index in [1.807, 2.05) is 26.1 Å². The molecule has 1 aromatic rings. The molecule has 0 radical (unpaired) electrons. The minimum atomic E-state index is -3.39. The maximum absolute atomic E-state index is 12.7. The van der Waals surface area contributed by atoms with E-state index in [4.69, 9.17) is 4.74 Å². The molecule has 3 rings (SSSR count). The van der Waals surface area contributed by atoms with Gasteiger partial charge in [0, 0.05) is 56.2 Å². The van der Waals surface area contributed by atoms with Crippen molar-refractivity contribution in [1.29, 1.82) is 0 Å². The Bertz CT molecular complexity index is 659. The van der Waals surface area contributed by atoms with Crippen molar-refractivity contribution in [1.82, 2.24) is 13.6 Å². The van der Waals surface area contributed by atoms with Gasteiger partial charge < -0.3 is 10.1 Å². The smallest absolute Gasteiger partial charge is 0.282 e. The molecule has 1 atom stereocenters. The van der Waals surface area contributed by atoms with E-state index in [2.05, 4.69) is 10.3 Å². The number of nitrogens with zero attached hydrogens (tertiary/aromatic N) is 3. The summed E-state index contributed by atoms with van der Waals surface area (Å²) in [6.07, 6.45) is 0.809. The van der Waals surface area contributed by atoms with Crippen LogP contribution in [0.4, 0.5) is 5.69 Å². The highest BCUT2D eigenvalue weighted by atomic mass is 32.2. The molecule has 3 heterocycles. The average molecular weight is 340 g/mol. The summed E-state index contributed by atoms with van der Waals surface area (Å²) in [7, 11) is -1.51. The molecule has 2 saturated heterocycles. The van der Waals surface area contributed by atoms with Crippen molar-refractivity contribution in [2.45, 2.75) is 19.3 Å². The molecule has 0 spiro atoms. The lowest BCUT2D eigenvalue weighted by Crippen LogP contribution is -2.47. The molecule has 23 heavy (non-hydrogen) atoms. The van der Waals surface area contributed by atoms with Gasteiger partial charge in [-0.3, -0.25) is 4.98 Å². The number of aromatic nitrogens is 1. The first-order valence-electron chi connectivity index (χ1n) is 8.00. The lowest BCUT2D eigenvalue weighted by atomic mass is 10.0. The molecular weight excluding hydrogens is 316 g/mol. The van der Waals surface area contributed by atoms with E-state index < -0.39 is 10.2 Å². The number of hydrogen-bond acceptors (Lipinski definition) is 5. The number of ether oxygens (including phenoxy) is 1. The summed E-state index contributed by atoms with van der Waals surface area (Å²) in [5.74, 6) is 0.151.